The summed E-state index contributed by atoms with van der Waals surface area (Å²) in [6.07, 6.45) is 4.29. The molecule has 1 aromatic carbocycles. The van der Waals surface area contributed by atoms with Crippen molar-refractivity contribution in [3.8, 4) is 0 Å². The summed E-state index contributed by atoms with van der Waals surface area (Å²) < 4.78 is 0. The van der Waals surface area contributed by atoms with E-state index in [9.17, 15) is 9.59 Å². The van der Waals surface area contributed by atoms with Gasteiger partial charge in [0.25, 0.3) is 5.24 Å². The SMILES string of the molecule is CC=CCSC(=O)Nc1ccc(C2=NNC(=O)CC2C)cc1. The summed E-state index contributed by atoms with van der Waals surface area (Å²) >= 11 is 1.22. The zero-order valence-electron chi connectivity index (χ0n) is 12.6. The van der Waals surface area contributed by atoms with Gasteiger partial charge in [-0.15, -0.1) is 0 Å². The molecular weight excluding hydrogens is 298 g/mol. The molecule has 0 fully saturated rings. The molecule has 0 spiro atoms. The standard InChI is InChI=1S/C16H19N3O2S/c1-3-4-9-22-16(21)17-13-7-5-12(6-8-13)15-11(2)10-14(20)18-19-15/h3-8,11H,9-10H2,1-2H3,(H,17,21)(H,18,20). The first-order valence-corrected chi connectivity index (χ1v) is 8.10. The lowest BCUT2D eigenvalue weighted by atomic mass is 9.94. The van der Waals surface area contributed by atoms with Gasteiger partial charge >= 0.3 is 0 Å². The van der Waals surface area contributed by atoms with E-state index in [1.165, 1.54) is 11.8 Å². The highest BCUT2D eigenvalue weighted by molar-refractivity contribution is 8.14. The van der Waals surface area contributed by atoms with Crippen LogP contribution in [0.2, 0.25) is 0 Å². The number of amides is 2. The number of nitrogens with zero attached hydrogens (tertiary/aromatic N) is 1. The number of nitrogens with one attached hydrogen (secondary N) is 2. The van der Waals surface area contributed by atoms with E-state index in [1.807, 2.05) is 50.3 Å². The molecule has 1 aromatic rings. The van der Waals surface area contributed by atoms with Crippen molar-refractivity contribution in [3.63, 3.8) is 0 Å². The summed E-state index contributed by atoms with van der Waals surface area (Å²) in [7, 11) is 0. The van der Waals surface area contributed by atoms with Crippen LogP contribution in [0.4, 0.5) is 10.5 Å². The normalized spacial score (nSPS) is 18.0. The highest BCUT2D eigenvalue weighted by Crippen LogP contribution is 2.19. The maximum absolute atomic E-state index is 11.7. The molecule has 1 heterocycles. The maximum atomic E-state index is 11.7. The van der Waals surface area contributed by atoms with Crippen LogP contribution in [0.5, 0.6) is 0 Å². The van der Waals surface area contributed by atoms with E-state index in [2.05, 4.69) is 15.8 Å². The first-order valence-electron chi connectivity index (χ1n) is 7.12. The number of carbonyl (C=O) groups excluding carboxylic acids is 2. The largest absolute Gasteiger partial charge is 0.317 e. The molecule has 116 valence electrons. The summed E-state index contributed by atoms with van der Waals surface area (Å²) in [6.45, 7) is 3.90. The molecule has 0 saturated carbocycles. The Hall–Kier alpha value is -2.08. The van der Waals surface area contributed by atoms with Crippen molar-refractivity contribution >= 4 is 34.3 Å². The molecule has 2 amide bonds. The fourth-order valence-corrected chi connectivity index (χ4v) is 2.73. The minimum Gasteiger partial charge on any atom is -0.317 e. The Morgan fingerprint density at radius 1 is 1.45 bits per heavy atom. The molecule has 5 nitrogen and oxygen atoms in total. The highest BCUT2D eigenvalue weighted by Gasteiger charge is 2.21. The fraction of sp³-hybridized carbons (Fsp3) is 0.312. The van der Waals surface area contributed by atoms with E-state index in [1.54, 1.807) is 0 Å². The first kappa shape index (κ1) is 16.3. The lowest BCUT2D eigenvalue weighted by Gasteiger charge is -2.19. The van der Waals surface area contributed by atoms with Crippen LogP contribution in [0.15, 0.2) is 41.5 Å². The Morgan fingerprint density at radius 3 is 2.82 bits per heavy atom. The second kappa shape index (κ2) is 7.79. The van der Waals surface area contributed by atoms with Gasteiger partial charge in [-0.05, 0) is 24.6 Å². The number of rotatable bonds is 4. The number of hydrazone groups is 1. The Bertz CT molecular complexity index is 608. The average Bonchev–Trinajstić information content (AvgIpc) is 2.49. The van der Waals surface area contributed by atoms with Crippen molar-refractivity contribution < 1.29 is 9.59 Å². The average molecular weight is 317 g/mol. The molecule has 0 bridgehead atoms. The molecule has 0 aliphatic carbocycles. The second-order valence-corrected chi connectivity index (χ2v) is 6.00. The molecule has 2 N–H and O–H groups in total. The molecule has 1 atom stereocenters. The predicted molar refractivity (Wildman–Crippen MR) is 91.2 cm³/mol. The summed E-state index contributed by atoms with van der Waals surface area (Å²) in [4.78, 5) is 23.0. The van der Waals surface area contributed by atoms with Crippen LogP contribution < -0.4 is 10.7 Å². The molecule has 0 aromatic heterocycles. The maximum Gasteiger partial charge on any atom is 0.283 e. The van der Waals surface area contributed by atoms with Gasteiger partial charge in [0.15, 0.2) is 0 Å². The van der Waals surface area contributed by atoms with Gasteiger partial charge < -0.3 is 5.32 Å². The summed E-state index contributed by atoms with van der Waals surface area (Å²) in [5.41, 5.74) is 5.06. The van der Waals surface area contributed by atoms with Crippen molar-refractivity contribution in [2.24, 2.45) is 11.0 Å². The third kappa shape index (κ3) is 4.46. The molecular formula is C16H19N3O2S. The van der Waals surface area contributed by atoms with Crippen LogP contribution in [0, 0.1) is 5.92 Å². The lowest BCUT2D eigenvalue weighted by Crippen LogP contribution is -2.31. The molecule has 1 aliphatic rings. The summed E-state index contributed by atoms with van der Waals surface area (Å²) in [6, 6.07) is 7.49. The van der Waals surface area contributed by atoms with Crippen LogP contribution in [-0.4, -0.2) is 22.6 Å². The van der Waals surface area contributed by atoms with Crippen molar-refractivity contribution in [2.75, 3.05) is 11.1 Å². The molecule has 22 heavy (non-hydrogen) atoms. The van der Waals surface area contributed by atoms with Crippen LogP contribution in [0.1, 0.15) is 25.8 Å². The predicted octanol–water partition coefficient (Wildman–Crippen LogP) is 3.39. The first-order chi connectivity index (χ1) is 10.6. The highest BCUT2D eigenvalue weighted by atomic mass is 32.2. The van der Waals surface area contributed by atoms with Crippen molar-refractivity contribution in [2.45, 2.75) is 20.3 Å². The second-order valence-electron chi connectivity index (χ2n) is 5.01. The minimum absolute atomic E-state index is 0.0571. The Labute approximate surface area is 134 Å². The zero-order valence-corrected chi connectivity index (χ0v) is 13.4. The third-order valence-electron chi connectivity index (χ3n) is 3.23. The molecule has 0 saturated heterocycles. The van der Waals surface area contributed by atoms with E-state index in [0.717, 1.165) is 17.0 Å². The number of benzene rings is 1. The number of hydrogen-bond donors (Lipinski definition) is 2. The van der Waals surface area contributed by atoms with Gasteiger partial charge in [-0.3, -0.25) is 9.59 Å². The van der Waals surface area contributed by atoms with Crippen molar-refractivity contribution in [3.05, 3.63) is 42.0 Å². The topological polar surface area (TPSA) is 70.6 Å². The number of carbonyl (C=O) groups is 2. The third-order valence-corrected chi connectivity index (χ3v) is 3.96. The van der Waals surface area contributed by atoms with E-state index < -0.39 is 0 Å². The van der Waals surface area contributed by atoms with E-state index in [0.29, 0.717) is 12.2 Å². The zero-order chi connectivity index (χ0) is 15.9. The summed E-state index contributed by atoms with van der Waals surface area (Å²) in [5, 5.41) is 6.87. The van der Waals surface area contributed by atoms with Gasteiger partial charge in [0, 0.05) is 23.8 Å². The van der Waals surface area contributed by atoms with Gasteiger partial charge in [-0.25, -0.2) is 5.43 Å². The molecule has 0 radical (unpaired) electrons. The van der Waals surface area contributed by atoms with Crippen molar-refractivity contribution in [1.29, 1.82) is 0 Å². The number of anilines is 1. The number of hydrogen-bond acceptors (Lipinski definition) is 4. The van der Waals surface area contributed by atoms with Crippen LogP contribution in [0.25, 0.3) is 0 Å². The molecule has 2 rings (SSSR count). The van der Waals surface area contributed by atoms with Gasteiger partial charge in [0.2, 0.25) is 5.91 Å². The van der Waals surface area contributed by atoms with Crippen LogP contribution >= 0.6 is 11.8 Å². The van der Waals surface area contributed by atoms with Crippen LogP contribution in [0.3, 0.4) is 0 Å². The number of thioether (sulfide) groups is 1. The quantitative estimate of drug-likeness (QED) is 0.836. The fourth-order valence-electron chi connectivity index (χ4n) is 2.10. The lowest BCUT2D eigenvalue weighted by molar-refractivity contribution is -0.121. The van der Waals surface area contributed by atoms with Crippen LogP contribution in [-0.2, 0) is 4.79 Å². The molecule has 1 aliphatic heterocycles. The monoisotopic (exact) mass is 317 g/mol. The minimum atomic E-state index is -0.0820. The van der Waals surface area contributed by atoms with E-state index in [4.69, 9.17) is 0 Å². The van der Waals surface area contributed by atoms with Gasteiger partial charge in [0.1, 0.15) is 0 Å². The van der Waals surface area contributed by atoms with Gasteiger partial charge in [-0.1, -0.05) is 43.0 Å². The number of allylic oxidation sites excluding steroid dienone is 1. The molecule has 1 unspecified atom stereocenters. The molecule has 6 heteroatoms. The Kier molecular flexibility index (Phi) is 5.77. The van der Waals surface area contributed by atoms with Gasteiger partial charge in [-0.2, -0.15) is 5.10 Å². The van der Waals surface area contributed by atoms with E-state index in [-0.39, 0.29) is 17.1 Å². The van der Waals surface area contributed by atoms with E-state index >= 15 is 0 Å². The van der Waals surface area contributed by atoms with Crippen molar-refractivity contribution in [1.82, 2.24) is 5.43 Å². The van der Waals surface area contributed by atoms with Gasteiger partial charge in [0.05, 0.1) is 5.71 Å². The summed E-state index contributed by atoms with van der Waals surface area (Å²) in [5.74, 6) is 0.693. The smallest absolute Gasteiger partial charge is 0.283 e. The Morgan fingerprint density at radius 2 is 2.18 bits per heavy atom. The Balaban J connectivity index is 1.98.